The number of hydrogen-bond donors (Lipinski definition) is 6. The van der Waals surface area contributed by atoms with Crippen LogP contribution in [0.2, 0.25) is 0 Å². The number of amides is 2. The van der Waals surface area contributed by atoms with Gasteiger partial charge >= 0.3 is 12.2 Å². The van der Waals surface area contributed by atoms with Crippen LogP contribution in [0.25, 0.3) is 5.69 Å². The van der Waals surface area contributed by atoms with Gasteiger partial charge in [-0.2, -0.15) is 0 Å². The predicted molar refractivity (Wildman–Crippen MR) is 101 cm³/mol. The van der Waals surface area contributed by atoms with Gasteiger partial charge in [0.2, 0.25) is 0 Å². The molecule has 0 saturated carbocycles. The van der Waals surface area contributed by atoms with Crippen LogP contribution in [0.3, 0.4) is 0 Å². The molecule has 2 amide bonds. The standard InChI is InChI=1S/C14H17NO2.2C2H5NO2/c1-10-13(8-16)14(9-17)11(2)15(10)12-6-4-3-5-7-12;2*1-3-2(4)5/h3-7,16-17H,8-9H2,1-2H3;2*3H,1H3,(H,4,5). The van der Waals surface area contributed by atoms with Crippen molar-refractivity contribution in [3.63, 3.8) is 0 Å². The van der Waals surface area contributed by atoms with Crippen molar-refractivity contribution in [3.05, 3.63) is 52.8 Å². The Hall–Kier alpha value is -3.04. The maximum Gasteiger partial charge on any atom is 0.404 e. The summed E-state index contributed by atoms with van der Waals surface area (Å²) in [6.45, 7) is 3.85. The second kappa shape index (κ2) is 12.3. The smallest absolute Gasteiger partial charge is 0.404 e. The molecule has 0 spiro atoms. The van der Waals surface area contributed by atoms with Gasteiger partial charge in [0.05, 0.1) is 13.2 Å². The van der Waals surface area contributed by atoms with Gasteiger partial charge < -0.3 is 35.6 Å². The molecule has 1 aromatic carbocycles. The zero-order valence-electron chi connectivity index (χ0n) is 15.9. The number of carboxylic acid groups (broad SMARTS) is 2. The maximum atomic E-state index is 9.39. The topological polar surface area (TPSA) is 144 Å². The molecule has 0 bridgehead atoms. The number of hydrogen-bond acceptors (Lipinski definition) is 4. The summed E-state index contributed by atoms with van der Waals surface area (Å²) in [6.07, 6.45) is -1.99. The quantitative estimate of drug-likeness (QED) is 0.479. The van der Waals surface area contributed by atoms with Crippen LogP contribution < -0.4 is 10.6 Å². The van der Waals surface area contributed by atoms with Crippen LogP contribution in [0.1, 0.15) is 22.5 Å². The molecule has 0 saturated heterocycles. The molecule has 27 heavy (non-hydrogen) atoms. The lowest BCUT2D eigenvalue weighted by molar-refractivity contribution is 0.196. The average Bonchev–Trinajstić information content (AvgIpc) is 2.92. The van der Waals surface area contributed by atoms with Gasteiger partial charge in [0.15, 0.2) is 0 Å². The van der Waals surface area contributed by atoms with Crippen molar-refractivity contribution in [2.24, 2.45) is 0 Å². The number of carbonyl (C=O) groups is 2. The average molecular weight is 381 g/mol. The van der Waals surface area contributed by atoms with Gasteiger partial charge in [-0.25, -0.2) is 9.59 Å². The Morgan fingerprint density at radius 2 is 1.19 bits per heavy atom. The van der Waals surface area contributed by atoms with Gasteiger partial charge in [-0.05, 0) is 26.0 Å². The minimum Gasteiger partial charge on any atom is -0.465 e. The summed E-state index contributed by atoms with van der Waals surface area (Å²) in [5, 5.41) is 37.9. The lowest BCUT2D eigenvalue weighted by Crippen LogP contribution is -2.13. The Bertz CT molecular complexity index is 687. The monoisotopic (exact) mass is 381 g/mol. The van der Waals surface area contributed by atoms with Gasteiger partial charge in [-0.1, -0.05) is 18.2 Å². The van der Waals surface area contributed by atoms with Gasteiger partial charge in [-0.15, -0.1) is 0 Å². The van der Waals surface area contributed by atoms with Crippen LogP contribution in [0.5, 0.6) is 0 Å². The van der Waals surface area contributed by atoms with Crippen molar-refractivity contribution in [1.82, 2.24) is 15.2 Å². The second-order valence-corrected chi connectivity index (χ2v) is 5.23. The summed E-state index contributed by atoms with van der Waals surface area (Å²) in [5.74, 6) is 0. The molecule has 0 unspecified atom stereocenters. The highest BCUT2D eigenvalue weighted by atomic mass is 16.4. The molecule has 1 heterocycles. The lowest BCUT2D eigenvalue weighted by Gasteiger charge is -2.09. The molecular weight excluding hydrogens is 354 g/mol. The Labute approximate surface area is 157 Å². The largest absolute Gasteiger partial charge is 0.465 e. The number of aliphatic hydroxyl groups excluding tert-OH is 2. The predicted octanol–water partition coefficient (Wildman–Crippen LogP) is 1.85. The fraction of sp³-hybridized carbons (Fsp3) is 0.333. The van der Waals surface area contributed by atoms with E-state index in [0.717, 1.165) is 28.2 Å². The number of rotatable bonds is 3. The number of nitrogens with zero attached hydrogens (tertiary/aromatic N) is 1. The Morgan fingerprint density at radius 1 is 0.852 bits per heavy atom. The van der Waals surface area contributed by atoms with Crippen LogP contribution in [-0.4, -0.2) is 51.3 Å². The summed E-state index contributed by atoms with van der Waals surface area (Å²) < 4.78 is 2.07. The Kier molecular flexibility index (Phi) is 10.9. The molecule has 0 aliphatic rings. The highest BCUT2D eigenvalue weighted by Gasteiger charge is 2.16. The molecule has 9 nitrogen and oxygen atoms in total. The van der Waals surface area contributed by atoms with Crippen LogP contribution in [-0.2, 0) is 13.2 Å². The van der Waals surface area contributed by atoms with E-state index in [1.807, 2.05) is 54.8 Å². The molecule has 2 rings (SSSR count). The molecule has 150 valence electrons. The SMILES string of the molecule is CNC(=O)O.CNC(=O)O.Cc1c(CO)c(CO)c(C)n1-c1ccccc1. The summed E-state index contributed by atoms with van der Waals surface area (Å²) in [6, 6.07) is 9.96. The van der Waals surface area contributed by atoms with E-state index >= 15 is 0 Å². The van der Waals surface area contributed by atoms with E-state index in [9.17, 15) is 19.8 Å². The molecule has 0 atom stereocenters. The molecule has 0 aliphatic heterocycles. The molecular formula is C18H27N3O6. The molecule has 0 radical (unpaired) electrons. The van der Waals surface area contributed by atoms with Crippen molar-refractivity contribution in [1.29, 1.82) is 0 Å². The summed E-state index contributed by atoms with van der Waals surface area (Å²) in [4.78, 5) is 18.5. The van der Waals surface area contributed by atoms with E-state index in [0.29, 0.717) is 0 Å². The Morgan fingerprint density at radius 3 is 1.44 bits per heavy atom. The fourth-order valence-electron chi connectivity index (χ4n) is 2.34. The van der Waals surface area contributed by atoms with Crippen molar-refractivity contribution < 1.29 is 30.0 Å². The minimum atomic E-state index is -0.995. The zero-order chi connectivity index (χ0) is 21.0. The van der Waals surface area contributed by atoms with Gasteiger partial charge in [0.1, 0.15) is 0 Å². The number of benzene rings is 1. The molecule has 2 aromatic rings. The third-order valence-corrected chi connectivity index (χ3v) is 3.67. The highest BCUT2D eigenvalue weighted by molar-refractivity contribution is 5.64. The van der Waals surface area contributed by atoms with E-state index in [2.05, 4.69) is 4.57 Å². The summed E-state index contributed by atoms with van der Waals surface area (Å²) in [5.41, 5.74) is 4.68. The fourth-order valence-corrected chi connectivity index (χ4v) is 2.34. The molecule has 0 fully saturated rings. The van der Waals surface area contributed by atoms with Gasteiger partial charge in [-0.3, -0.25) is 0 Å². The normalized spacial score (nSPS) is 9.26. The molecule has 6 N–H and O–H groups in total. The van der Waals surface area contributed by atoms with E-state index in [-0.39, 0.29) is 13.2 Å². The maximum absolute atomic E-state index is 9.39. The van der Waals surface area contributed by atoms with Crippen molar-refractivity contribution in [2.75, 3.05) is 14.1 Å². The van der Waals surface area contributed by atoms with Crippen molar-refractivity contribution in [2.45, 2.75) is 27.1 Å². The van der Waals surface area contributed by atoms with Crippen molar-refractivity contribution in [3.8, 4) is 5.69 Å². The van der Waals surface area contributed by atoms with Crippen LogP contribution >= 0.6 is 0 Å². The Balaban J connectivity index is 0.000000563. The number of para-hydroxylation sites is 1. The zero-order valence-corrected chi connectivity index (χ0v) is 15.9. The second-order valence-electron chi connectivity index (χ2n) is 5.23. The third kappa shape index (κ3) is 7.38. The van der Waals surface area contributed by atoms with Crippen molar-refractivity contribution >= 4 is 12.2 Å². The van der Waals surface area contributed by atoms with Crippen LogP contribution in [0, 0.1) is 13.8 Å². The first-order chi connectivity index (χ1) is 12.7. The first kappa shape index (κ1) is 24.0. The lowest BCUT2D eigenvalue weighted by atomic mass is 10.1. The number of aliphatic hydroxyl groups is 2. The number of aromatic nitrogens is 1. The summed E-state index contributed by atoms with van der Waals surface area (Å²) in [7, 11) is 2.70. The van der Waals surface area contributed by atoms with E-state index < -0.39 is 12.2 Å². The minimum absolute atomic E-state index is 0.0393. The van der Waals surface area contributed by atoms with Crippen LogP contribution in [0.4, 0.5) is 9.59 Å². The number of nitrogens with one attached hydrogen (secondary N) is 2. The first-order valence-electron chi connectivity index (χ1n) is 8.03. The van der Waals surface area contributed by atoms with E-state index in [1.54, 1.807) is 0 Å². The van der Waals surface area contributed by atoms with E-state index in [1.165, 1.54) is 14.1 Å². The molecule has 0 aliphatic carbocycles. The highest BCUT2D eigenvalue weighted by Crippen LogP contribution is 2.26. The van der Waals surface area contributed by atoms with E-state index in [4.69, 9.17) is 10.2 Å². The van der Waals surface area contributed by atoms with Gasteiger partial charge in [0, 0.05) is 42.3 Å². The van der Waals surface area contributed by atoms with Gasteiger partial charge in [0.25, 0.3) is 0 Å². The summed E-state index contributed by atoms with van der Waals surface area (Å²) >= 11 is 0. The third-order valence-electron chi connectivity index (χ3n) is 3.67. The molecule has 9 heteroatoms. The first-order valence-corrected chi connectivity index (χ1v) is 8.03. The molecule has 1 aromatic heterocycles. The van der Waals surface area contributed by atoms with Crippen LogP contribution in [0.15, 0.2) is 30.3 Å².